The summed E-state index contributed by atoms with van der Waals surface area (Å²) in [4.78, 5) is 29.2. The number of carbonyl (C=O) groups excluding carboxylic acids is 2. The van der Waals surface area contributed by atoms with E-state index in [-0.39, 0.29) is 17.5 Å². The molecule has 7 nitrogen and oxygen atoms in total. The molecule has 144 valence electrons. The molecular weight excluding hydrogens is 356 g/mol. The predicted octanol–water partition coefficient (Wildman–Crippen LogP) is 4.31. The van der Waals surface area contributed by atoms with Gasteiger partial charge in [0.1, 0.15) is 11.5 Å². The van der Waals surface area contributed by atoms with Crippen LogP contribution in [0.2, 0.25) is 0 Å². The first-order valence-corrected chi connectivity index (χ1v) is 8.96. The number of nitrogens with one attached hydrogen (secondary N) is 2. The minimum Gasteiger partial charge on any atom is -0.360 e. The second-order valence-electron chi connectivity index (χ2n) is 6.85. The molecule has 0 fully saturated rings. The van der Waals surface area contributed by atoms with Crippen LogP contribution in [0.5, 0.6) is 0 Å². The summed E-state index contributed by atoms with van der Waals surface area (Å²) in [5, 5.41) is 9.28. The smallest absolute Gasteiger partial charge is 0.275 e. The third kappa shape index (κ3) is 4.25. The topological polar surface area (TPSA) is 97.1 Å². The van der Waals surface area contributed by atoms with Gasteiger partial charge in [-0.3, -0.25) is 14.6 Å². The standard InChI is InChI=1S/C21H22N4O3/c1-12(2)16-7-5-6-13(3)19(16)24-20(26)15-8-9-22-17(11-15)21(27)23-18-10-14(4)28-25-18/h5-12H,1-4H3,(H,24,26)(H,23,25,27). The van der Waals surface area contributed by atoms with E-state index >= 15 is 0 Å². The Labute approximate surface area is 163 Å². The molecule has 0 radical (unpaired) electrons. The van der Waals surface area contributed by atoms with Crippen LogP contribution >= 0.6 is 0 Å². The minimum atomic E-state index is -0.471. The Morgan fingerprint density at radius 2 is 1.82 bits per heavy atom. The number of aromatic nitrogens is 2. The molecule has 0 saturated carbocycles. The zero-order valence-corrected chi connectivity index (χ0v) is 16.2. The maximum atomic E-state index is 12.8. The fourth-order valence-electron chi connectivity index (χ4n) is 2.83. The van der Waals surface area contributed by atoms with Gasteiger partial charge in [0.2, 0.25) is 0 Å². The van der Waals surface area contributed by atoms with Crippen molar-refractivity contribution in [3.8, 4) is 0 Å². The fraction of sp³-hybridized carbons (Fsp3) is 0.238. The zero-order chi connectivity index (χ0) is 20.3. The molecule has 2 heterocycles. The number of benzene rings is 1. The zero-order valence-electron chi connectivity index (χ0n) is 16.2. The van der Waals surface area contributed by atoms with Crippen molar-refractivity contribution in [3.05, 3.63) is 70.7 Å². The Hall–Kier alpha value is -3.48. The predicted molar refractivity (Wildman–Crippen MR) is 107 cm³/mol. The third-order valence-electron chi connectivity index (χ3n) is 4.29. The molecule has 28 heavy (non-hydrogen) atoms. The van der Waals surface area contributed by atoms with Crippen molar-refractivity contribution in [1.82, 2.24) is 10.1 Å². The summed E-state index contributed by atoms with van der Waals surface area (Å²) in [6, 6.07) is 10.5. The van der Waals surface area contributed by atoms with Crippen molar-refractivity contribution in [2.75, 3.05) is 10.6 Å². The highest BCUT2D eigenvalue weighted by Gasteiger charge is 2.16. The molecule has 1 aromatic carbocycles. The quantitative estimate of drug-likeness (QED) is 0.689. The van der Waals surface area contributed by atoms with E-state index in [1.54, 1.807) is 19.1 Å². The van der Waals surface area contributed by atoms with Gasteiger partial charge in [0.25, 0.3) is 11.8 Å². The monoisotopic (exact) mass is 378 g/mol. The fourth-order valence-corrected chi connectivity index (χ4v) is 2.83. The van der Waals surface area contributed by atoms with Gasteiger partial charge in [-0.05, 0) is 43.0 Å². The molecule has 0 saturated heterocycles. The summed E-state index contributed by atoms with van der Waals surface area (Å²) in [7, 11) is 0. The van der Waals surface area contributed by atoms with E-state index < -0.39 is 5.91 Å². The molecule has 0 bridgehead atoms. The van der Waals surface area contributed by atoms with Gasteiger partial charge >= 0.3 is 0 Å². The summed E-state index contributed by atoms with van der Waals surface area (Å²) in [6.45, 7) is 7.82. The van der Waals surface area contributed by atoms with E-state index in [1.165, 1.54) is 12.3 Å². The Morgan fingerprint density at radius 3 is 2.50 bits per heavy atom. The first-order chi connectivity index (χ1) is 13.3. The number of carbonyl (C=O) groups is 2. The molecular formula is C21H22N4O3. The first-order valence-electron chi connectivity index (χ1n) is 8.96. The number of pyridine rings is 1. The second kappa shape index (κ2) is 8.04. The van der Waals surface area contributed by atoms with Crippen LogP contribution in [0.3, 0.4) is 0 Å². The van der Waals surface area contributed by atoms with Gasteiger partial charge in [-0.15, -0.1) is 0 Å². The average Bonchev–Trinajstić information content (AvgIpc) is 3.07. The SMILES string of the molecule is Cc1cc(NC(=O)c2cc(C(=O)Nc3c(C)cccc3C(C)C)ccn2)no1. The molecule has 0 spiro atoms. The number of amides is 2. The molecule has 0 aliphatic carbocycles. The highest BCUT2D eigenvalue weighted by atomic mass is 16.5. The van der Waals surface area contributed by atoms with Gasteiger partial charge in [0.05, 0.1) is 0 Å². The van der Waals surface area contributed by atoms with E-state index in [4.69, 9.17) is 4.52 Å². The maximum Gasteiger partial charge on any atom is 0.275 e. The number of hydrogen-bond donors (Lipinski definition) is 2. The van der Waals surface area contributed by atoms with Gasteiger partial charge in [0.15, 0.2) is 5.82 Å². The molecule has 0 atom stereocenters. The van der Waals surface area contributed by atoms with Gasteiger partial charge < -0.3 is 15.2 Å². The summed E-state index contributed by atoms with van der Waals surface area (Å²) in [5.74, 6) is 0.364. The lowest BCUT2D eigenvalue weighted by molar-refractivity contribution is 0.102. The highest BCUT2D eigenvalue weighted by Crippen LogP contribution is 2.27. The molecule has 3 rings (SSSR count). The lowest BCUT2D eigenvalue weighted by Gasteiger charge is -2.16. The van der Waals surface area contributed by atoms with Crippen LogP contribution in [0.4, 0.5) is 11.5 Å². The van der Waals surface area contributed by atoms with E-state index in [0.717, 1.165) is 16.8 Å². The van der Waals surface area contributed by atoms with E-state index in [2.05, 4.69) is 34.6 Å². The van der Waals surface area contributed by atoms with Crippen LogP contribution in [0.15, 0.2) is 47.1 Å². The average molecular weight is 378 g/mol. The van der Waals surface area contributed by atoms with E-state index in [9.17, 15) is 9.59 Å². The molecule has 0 aliphatic heterocycles. The summed E-state index contributed by atoms with van der Waals surface area (Å²) >= 11 is 0. The van der Waals surface area contributed by atoms with Crippen molar-refractivity contribution >= 4 is 23.3 Å². The van der Waals surface area contributed by atoms with Crippen LogP contribution in [0.25, 0.3) is 0 Å². The van der Waals surface area contributed by atoms with Crippen molar-refractivity contribution < 1.29 is 14.1 Å². The number of aryl methyl sites for hydroxylation is 2. The number of para-hydroxylation sites is 1. The lowest BCUT2D eigenvalue weighted by Crippen LogP contribution is -2.18. The molecule has 2 aromatic heterocycles. The summed E-state index contributed by atoms with van der Waals surface area (Å²) < 4.78 is 4.92. The highest BCUT2D eigenvalue weighted by molar-refractivity contribution is 6.08. The van der Waals surface area contributed by atoms with Crippen molar-refractivity contribution in [2.45, 2.75) is 33.6 Å². The molecule has 2 N–H and O–H groups in total. The number of rotatable bonds is 5. The molecule has 0 unspecified atom stereocenters. The van der Waals surface area contributed by atoms with Gasteiger partial charge in [0, 0.05) is 23.5 Å². The Morgan fingerprint density at radius 1 is 1.04 bits per heavy atom. The third-order valence-corrected chi connectivity index (χ3v) is 4.29. The van der Waals surface area contributed by atoms with Gasteiger partial charge in [-0.2, -0.15) is 0 Å². The van der Waals surface area contributed by atoms with Crippen LogP contribution in [-0.2, 0) is 0 Å². The first kappa shape index (κ1) is 19.3. The Bertz CT molecular complexity index is 1020. The number of hydrogen-bond acceptors (Lipinski definition) is 5. The van der Waals surface area contributed by atoms with Crippen molar-refractivity contribution in [2.24, 2.45) is 0 Å². The number of nitrogens with zero attached hydrogens (tertiary/aromatic N) is 2. The summed E-state index contributed by atoms with van der Waals surface area (Å²) in [6.07, 6.45) is 1.43. The van der Waals surface area contributed by atoms with Crippen LogP contribution in [0, 0.1) is 13.8 Å². The molecule has 3 aromatic rings. The summed E-state index contributed by atoms with van der Waals surface area (Å²) in [5.41, 5.74) is 3.29. The Kier molecular flexibility index (Phi) is 5.54. The van der Waals surface area contributed by atoms with Gasteiger partial charge in [-0.25, -0.2) is 0 Å². The van der Waals surface area contributed by atoms with Gasteiger partial charge in [-0.1, -0.05) is 37.2 Å². The minimum absolute atomic E-state index is 0.113. The Balaban J connectivity index is 1.80. The molecule has 7 heteroatoms. The largest absolute Gasteiger partial charge is 0.360 e. The molecule has 0 aliphatic rings. The second-order valence-corrected chi connectivity index (χ2v) is 6.85. The number of anilines is 2. The van der Waals surface area contributed by atoms with Crippen molar-refractivity contribution in [1.29, 1.82) is 0 Å². The molecule has 2 amide bonds. The van der Waals surface area contributed by atoms with Crippen molar-refractivity contribution in [3.63, 3.8) is 0 Å². The van der Waals surface area contributed by atoms with E-state index in [0.29, 0.717) is 17.1 Å². The normalized spacial score (nSPS) is 10.8. The maximum absolute atomic E-state index is 12.8. The van der Waals surface area contributed by atoms with Crippen LogP contribution in [0.1, 0.15) is 57.5 Å². The lowest BCUT2D eigenvalue weighted by atomic mass is 9.98. The van der Waals surface area contributed by atoms with Crippen LogP contribution < -0.4 is 10.6 Å². The van der Waals surface area contributed by atoms with E-state index in [1.807, 2.05) is 25.1 Å². The van der Waals surface area contributed by atoms with Crippen LogP contribution in [-0.4, -0.2) is 22.0 Å².